The van der Waals surface area contributed by atoms with Crippen LogP contribution in [0.4, 0.5) is 0 Å². The SMILES string of the molecule is NC(c1cccc2c1OCC2)C1CCOc2ccccc21. The maximum Gasteiger partial charge on any atom is 0.127 e. The molecule has 3 heteroatoms. The fraction of sp³-hybridized carbons (Fsp3) is 0.333. The summed E-state index contributed by atoms with van der Waals surface area (Å²) in [4.78, 5) is 0. The van der Waals surface area contributed by atoms with Crippen molar-refractivity contribution in [3.05, 3.63) is 59.2 Å². The van der Waals surface area contributed by atoms with Crippen LogP contribution in [0, 0.1) is 0 Å². The number of rotatable bonds is 2. The van der Waals surface area contributed by atoms with Gasteiger partial charge in [0.2, 0.25) is 0 Å². The first-order valence-electron chi connectivity index (χ1n) is 7.56. The molecule has 2 heterocycles. The number of para-hydroxylation sites is 2. The molecule has 2 N–H and O–H groups in total. The van der Waals surface area contributed by atoms with Gasteiger partial charge in [-0.1, -0.05) is 36.4 Å². The summed E-state index contributed by atoms with van der Waals surface area (Å²) in [7, 11) is 0. The Hall–Kier alpha value is -2.00. The molecule has 0 spiro atoms. The maximum atomic E-state index is 6.62. The molecule has 2 unspecified atom stereocenters. The van der Waals surface area contributed by atoms with E-state index in [0.717, 1.165) is 43.1 Å². The van der Waals surface area contributed by atoms with E-state index in [-0.39, 0.29) is 12.0 Å². The zero-order valence-corrected chi connectivity index (χ0v) is 11.9. The van der Waals surface area contributed by atoms with Gasteiger partial charge in [-0.05, 0) is 23.6 Å². The largest absolute Gasteiger partial charge is 0.493 e. The summed E-state index contributed by atoms with van der Waals surface area (Å²) < 4.78 is 11.6. The van der Waals surface area contributed by atoms with Crippen LogP contribution in [0.1, 0.15) is 35.1 Å². The maximum absolute atomic E-state index is 6.62. The molecule has 21 heavy (non-hydrogen) atoms. The van der Waals surface area contributed by atoms with Gasteiger partial charge in [-0.15, -0.1) is 0 Å². The molecule has 0 radical (unpaired) electrons. The number of ether oxygens (including phenoxy) is 2. The Morgan fingerprint density at radius 2 is 1.90 bits per heavy atom. The monoisotopic (exact) mass is 281 g/mol. The van der Waals surface area contributed by atoms with E-state index >= 15 is 0 Å². The lowest BCUT2D eigenvalue weighted by Crippen LogP contribution is -2.25. The average molecular weight is 281 g/mol. The zero-order valence-electron chi connectivity index (χ0n) is 11.9. The van der Waals surface area contributed by atoms with Crippen molar-refractivity contribution in [2.75, 3.05) is 13.2 Å². The van der Waals surface area contributed by atoms with Crippen molar-refractivity contribution in [1.82, 2.24) is 0 Å². The fourth-order valence-corrected chi connectivity index (χ4v) is 3.46. The third-order valence-electron chi connectivity index (χ3n) is 4.54. The lowest BCUT2D eigenvalue weighted by Gasteiger charge is -2.31. The lowest BCUT2D eigenvalue weighted by atomic mass is 9.83. The summed E-state index contributed by atoms with van der Waals surface area (Å²) in [5, 5.41) is 0. The van der Waals surface area contributed by atoms with Crippen molar-refractivity contribution in [1.29, 1.82) is 0 Å². The minimum atomic E-state index is -0.0527. The lowest BCUT2D eigenvalue weighted by molar-refractivity contribution is 0.254. The summed E-state index contributed by atoms with van der Waals surface area (Å²) in [5.74, 6) is 2.26. The van der Waals surface area contributed by atoms with E-state index in [4.69, 9.17) is 15.2 Å². The van der Waals surface area contributed by atoms with Gasteiger partial charge in [0.05, 0.1) is 13.2 Å². The van der Waals surface area contributed by atoms with Crippen LogP contribution in [-0.2, 0) is 6.42 Å². The predicted molar refractivity (Wildman–Crippen MR) is 81.9 cm³/mol. The Morgan fingerprint density at radius 1 is 1.00 bits per heavy atom. The average Bonchev–Trinajstić information content (AvgIpc) is 3.02. The Balaban J connectivity index is 1.73. The Morgan fingerprint density at radius 3 is 2.86 bits per heavy atom. The van der Waals surface area contributed by atoms with E-state index in [2.05, 4.69) is 30.3 Å². The highest BCUT2D eigenvalue weighted by molar-refractivity contribution is 5.48. The summed E-state index contributed by atoms with van der Waals surface area (Å²) in [6.45, 7) is 1.49. The highest BCUT2D eigenvalue weighted by Crippen LogP contribution is 2.43. The van der Waals surface area contributed by atoms with Crippen molar-refractivity contribution in [3.63, 3.8) is 0 Å². The van der Waals surface area contributed by atoms with Crippen LogP contribution in [0.2, 0.25) is 0 Å². The molecule has 0 saturated heterocycles. The second-order valence-electron chi connectivity index (χ2n) is 5.74. The molecule has 0 fully saturated rings. The summed E-state index contributed by atoms with van der Waals surface area (Å²) >= 11 is 0. The molecule has 108 valence electrons. The van der Waals surface area contributed by atoms with Gasteiger partial charge in [0.1, 0.15) is 11.5 Å². The van der Waals surface area contributed by atoms with E-state index in [9.17, 15) is 0 Å². The zero-order chi connectivity index (χ0) is 14.2. The van der Waals surface area contributed by atoms with Gasteiger partial charge in [-0.3, -0.25) is 0 Å². The van der Waals surface area contributed by atoms with E-state index < -0.39 is 0 Å². The molecule has 0 saturated carbocycles. The summed E-state index contributed by atoms with van der Waals surface area (Å²) in [6.07, 6.45) is 1.93. The van der Waals surface area contributed by atoms with Crippen LogP contribution in [0.3, 0.4) is 0 Å². The van der Waals surface area contributed by atoms with Crippen LogP contribution < -0.4 is 15.2 Å². The normalized spacial score (nSPS) is 20.9. The number of fused-ring (bicyclic) bond motifs is 2. The number of hydrogen-bond acceptors (Lipinski definition) is 3. The third-order valence-corrected chi connectivity index (χ3v) is 4.54. The van der Waals surface area contributed by atoms with Gasteiger partial charge in [0, 0.05) is 23.9 Å². The molecule has 0 amide bonds. The second kappa shape index (κ2) is 5.08. The number of benzene rings is 2. The van der Waals surface area contributed by atoms with Crippen molar-refractivity contribution >= 4 is 0 Å². The quantitative estimate of drug-likeness (QED) is 0.919. The van der Waals surface area contributed by atoms with Gasteiger partial charge >= 0.3 is 0 Å². The van der Waals surface area contributed by atoms with Crippen LogP contribution in [-0.4, -0.2) is 13.2 Å². The van der Waals surface area contributed by atoms with Crippen LogP contribution >= 0.6 is 0 Å². The van der Waals surface area contributed by atoms with Crippen molar-refractivity contribution in [3.8, 4) is 11.5 Å². The van der Waals surface area contributed by atoms with Gasteiger partial charge in [-0.2, -0.15) is 0 Å². The summed E-state index contributed by atoms with van der Waals surface area (Å²) in [6, 6.07) is 14.5. The van der Waals surface area contributed by atoms with E-state index in [1.807, 2.05) is 12.1 Å². The molecule has 0 aromatic heterocycles. The van der Waals surface area contributed by atoms with Crippen molar-refractivity contribution in [2.24, 2.45) is 5.73 Å². The van der Waals surface area contributed by atoms with E-state index in [1.165, 1.54) is 11.1 Å². The molecular formula is C18H19NO2. The molecule has 0 bridgehead atoms. The highest BCUT2D eigenvalue weighted by atomic mass is 16.5. The molecule has 2 aromatic carbocycles. The first-order valence-corrected chi connectivity index (χ1v) is 7.56. The van der Waals surface area contributed by atoms with E-state index in [0.29, 0.717) is 0 Å². The molecule has 2 atom stereocenters. The first kappa shape index (κ1) is 12.7. The standard InChI is InChI=1S/C18H19NO2/c19-17(15-6-3-4-12-8-10-21-18(12)15)14-9-11-20-16-7-2-1-5-13(14)16/h1-7,14,17H,8-11,19H2. The smallest absolute Gasteiger partial charge is 0.127 e. The molecule has 3 nitrogen and oxygen atoms in total. The predicted octanol–water partition coefficient (Wildman–Crippen LogP) is 3.19. The van der Waals surface area contributed by atoms with Crippen molar-refractivity contribution < 1.29 is 9.47 Å². The first-order chi connectivity index (χ1) is 10.3. The van der Waals surface area contributed by atoms with Crippen LogP contribution in [0.15, 0.2) is 42.5 Å². The minimum absolute atomic E-state index is 0.0527. The van der Waals surface area contributed by atoms with Crippen molar-refractivity contribution in [2.45, 2.75) is 24.8 Å². The minimum Gasteiger partial charge on any atom is -0.493 e. The Bertz CT molecular complexity index is 668. The van der Waals surface area contributed by atoms with Gasteiger partial charge < -0.3 is 15.2 Å². The third kappa shape index (κ3) is 2.09. The molecule has 0 aliphatic carbocycles. The molecule has 4 rings (SSSR count). The molecule has 2 aliphatic rings. The van der Waals surface area contributed by atoms with E-state index in [1.54, 1.807) is 0 Å². The number of nitrogens with two attached hydrogens (primary N) is 1. The van der Waals surface area contributed by atoms with Gasteiger partial charge in [0.15, 0.2) is 0 Å². The molecular weight excluding hydrogens is 262 g/mol. The van der Waals surface area contributed by atoms with Gasteiger partial charge in [-0.25, -0.2) is 0 Å². The topological polar surface area (TPSA) is 44.5 Å². The van der Waals surface area contributed by atoms with Gasteiger partial charge in [0.25, 0.3) is 0 Å². The fourth-order valence-electron chi connectivity index (χ4n) is 3.46. The number of hydrogen-bond donors (Lipinski definition) is 1. The molecule has 2 aliphatic heterocycles. The summed E-state index contributed by atoms with van der Waals surface area (Å²) in [5.41, 5.74) is 10.2. The molecule has 2 aromatic rings. The highest BCUT2D eigenvalue weighted by Gasteiger charge is 2.30. The van der Waals surface area contributed by atoms with Crippen LogP contribution in [0.5, 0.6) is 11.5 Å². The Labute approximate surface area is 124 Å². The second-order valence-corrected chi connectivity index (χ2v) is 5.74. The van der Waals surface area contributed by atoms with Crippen LogP contribution in [0.25, 0.3) is 0 Å². The Kier molecular flexibility index (Phi) is 3.08.